The smallest absolute Gasteiger partial charge is 0.325 e. The maximum absolute atomic E-state index is 12.3. The number of halogens is 1. The molecule has 0 bridgehead atoms. The minimum absolute atomic E-state index is 0.156. The van der Waals surface area contributed by atoms with Crippen LogP contribution in [0.1, 0.15) is 42.5 Å². The van der Waals surface area contributed by atoms with E-state index in [0.717, 1.165) is 25.4 Å². The third kappa shape index (κ3) is 5.45. The summed E-state index contributed by atoms with van der Waals surface area (Å²) < 4.78 is 5.03. The van der Waals surface area contributed by atoms with Crippen LogP contribution < -0.4 is 5.32 Å². The minimum atomic E-state index is -0.627. The molecule has 0 radical (unpaired) electrons. The fourth-order valence-electron chi connectivity index (χ4n) is 3.97. The molecular weight excluding hydrogens is 368 g/mol. The lowest BCUT2D eigenvalue weighted by molar-refractivity contribution is -0.152. The number of fused-ring (bicyclic) bond motifs is 1. The highest BCUT2D eigenvalue weighted by Crippen LogP contribution is 2.35. The molecule has 2 amide bonds. The topological polar surface area (TPSA) is 75.7 Å². The van der Waals surface area contributed by atoms with Crippen molar-refractivity contribution in [2.75, 3.05) is 26.2 Å². The standard InChI is InChI=1S/C20H25ClN2O4/c21-17-7-5-15(6-8-17)20(26)22-11-19(25)27-13-18(24)23-10-9-14-3-1-2-4-16(14)12-23/h5-8,14,16H,1-4,9-13H2,(H,22,26)/t14-,16+/m0/s1. The van der Waals surface area contributed by atoms with Gasteiger partial charge in [-0.3, -0.25) is 14.4 Å². The summed E-state index contributed by atoms with van der Waals surface area (Å²) in [5.74, 6) is 0.156. The van der Waals surface area contributed by atoms with Gasteiger partial charge in [-0.05, 0) is 48.9 Å². The van der Waals surface area contributed by atoms with Crippen molar-refractivity contribution in [3.05, 3.63) is 34.9 Å². The number of nitrogens with zero attached hydrogens (tertiary/aromatic N) is 1. The highest BCUT2D eigenvalue weighted by Gasteiger charge is 2.33. The number of likely N-dealkylation sites (tertiary alicyclic amines) is 1. The molecule has 3 rings (SSSR count). The van der Waals surface area contributed by atoms with Gasteiger partial charge in [-0.2, -0.15) is 0 Å². The van der Waals surface area contributed by atoms with Gasteiger partial charge in [0.25, 0.3) is 11.8 Å². The van der Waals surface area contributed by atoms with Gasteiger partial charge in [-0.25, -0.2) is 0 Å². The van der Waals surface area contributed by atoms with Crippen LogP contribution >= 0.6 is 11.6 Å². The van der Waals surface area contributed by atoms with E-state index in [9.17, 15) is 14.4 Å². The monoisotopic (exact) mass is 392 g/mol. The van der Waals surface area contributed by atoms with E-state index in [1.54, 1.807) is 24.3 Å². The molecule has 1 saturated carbocycles. The Morgan fingerprint density at radius 2 is 1.78 bits per heavy atom. The summed E-state index contributed by atoms with van der Waals surface area (Å²) in [6.45, 7) is 0.964. The van der Waals surface area contributed by atoms with Gasteiger partial charge in [-0.15, -0.1) is 0 Å². The number of piperidine rings is 1. The molecule has 1 aromatic rings. The van der Waals surface area contributed by atoms with Gasteiger partial charge >= 0.3 is 5.97 Å². The van der Waals surface area contributed by atoms with Crippen LogP contribution in [-0.4, -0.2) is 48.9 Å². The fourth-order valence-corrected chi connectivity index (χ4v) is 4.09. The number of hydrogen-bond donors (Lipinski definition) is 1. The first-order valence-corrected chi connectivity index (χ1v) is 9.88. The Morgan fingerprint density at radius 1 is 1.07 bits per heavy atom. The molecule has 2 fully saturated rings. The molecule has 0 unspecified atom stereocenters. The number of benzene rings is 1. The third-order valence-corrected chi connectivity index (χ3v) is 5.75. The van der Waals surface area contributed by atoms with Gasteiger partial charge in [-0.1, -0.05) is 30.9 Å². The number of carbonyl (C=O) groups is 3. The molecule has 1 saturated heterocycles. The van der Waals surface area contributed by atoms with Crippen LogP contribution in [0.3, 0.4) is 0 Å². The summed E-state index contributed by atoms with van der Waals surface area (Å²) in [7, 11) is 0. The van der Waals surface area contributed by atoms with Crippen LogP contribution in [0.5, 0.6) is 0 Å². The first kappa shape index (κ1) is 19.7. The first-order chi connectivity index (χ1) is 13.0. The first-order valence-electron chi connectivity index (χ1n) is 9.50. The van der Waals surface area contributed by atoms with E-state index in [4.69, 9.17) is 16.3 Å². The Kier molecular flexibility index (Phi) is 6.72. The van der Waals surface area contributed by atoms with E-state index in [0.29, 0.717) is 16.5 Å². The number of nitrogens with one attached hydrogen (secondary N) is 1. The highest BCUT2D eigenvalue weighted by molar-refractivity contribution is 6.30. The summed E-state index contributed by atoms with van der Waals surface area (Å²) in [4.78, 5) is 37.9. The quantitative estimate of drug-likeness (QED) is 0.781. The molecule has 0 aromatic heterocycles. The summed E-state index contributed by atoms with van der Waals surface area (Å²) >= 11 is 5.77. The normalized spacial score (nSPS) is 21.9. The molecule has 1 aliphatic carbocycles. The van der Waals surface area contributed by atoms with E-state index in [1.165, 1.54) is 25.7 Å². The fraction of sp³-hybridized carbons (Fsp3) is 0.550. The maximum atomic E-state index is 12.3. The van der Waals surface area contributed by atoms with Gasteiger partial charge in [0, 0.05) is 23.7 Å². The summed E-state index contributed by atoms with van der Waals surface area (Å²) in [6.07, 6.45) is 6.04. The van der Waals surface area contributed by atoms with E-state index >= 15 is 0 Å². The van der Waals surface area contributed by atoms with Crippen LogP contribution in [0.2, 0.25) is 5.02 Å². The van der Waals surface area contributed by atoms with Crippen LogP contribution in [0.4, 0.5) is 0 Å². The zero-order valence-corrected chi connectivity index (χ0v) is 16.0. The lowest BCUT2D eigenvalue weighted by atomic mass is 9.75. The largest absolute Gasteiger partial charge is 0.454 e. The van der Waals surface area contributed by atoms with Crippen LogP contribution in [-0.2, 0) is 14.3 Å². The number of carbonyl (C=O) groups excluding carboxylic acids is 3. The predicted octanol–water partition coefficient (Wildman–Crippen LogP) is 2.65. The van der Waals surface area contributed by atoms with Crippen LogP contribution in [0.15, 0.2) is 24.3 Å². The molecule has 2 aliphatic rings. The van der Waals surface area contributed by atoms with E-state index in [2.05, 4.69) is 5.32 Å². The average Bonchev–Trinajstić information content (AvgIpc) is 2.70. The molecule has 1 N–H and O–H groups in total. The summed E-state index contributed by atoms with van der Waals surface area (Å²) in [5, 5.41) is 3.01. The zero-order chi connectivity index (χ0) is 19.2. The van der Waals surface area contributed by atoms with Crippen LogP contribution in [0, 0.1) is 11.8 Å². The summed E-state index contributed by atoms with van der Waals surface area (Å²) in [6, 6.07) is 6.34. The van der Waals surface area contributed by atoms with Crippen molar-refractivity contribution in [3.8, 4) is 0 Å². The minimum Gasteiger partial charge on any atom is -0.454 e. The Morgan fingerprint density at radius 3 is 2.52 bits per heavy atom. The number of esters is 1. The number of ether oxygens (including phenoxy) is 1. The van der Waals surface area contributed by atoms with Gasteiger partial charge in [0.05, 0.1) is 0 Å². The van der Waals surface area contributed by atoms with Crippen molar-refractivity contribution in [1.82, 2.24) is 10.2 Å². The molecule has 1 aromatic carbocycles. The lowest BCUT2D eigenvalue weighted by Crippen LogP contribution is -2.46. The maximum Gasteiger partial charge on any atom is 0.325 e. The number of hydrogen-bond acceptors (Lipinski definition) is 4. The molecule has 2 atom stereocenters. The third-order valence-electron chi connectivity index (χ3n) is 5.50. The Labute approximate surface area is 164 Å². The molecule has 0 spiro atoms. The van der Waals surface area contributed by atoms with Gasteiger partial charge in [0.15, 0.2) is 6.61 Å². The number of amides is 2. The molecule has 7 heteroatoms. The molecule has 27 heavy (non-hydrogen) atoms. The SMILES string of the molecule is O=C(CNC(=O)c1ccc(Cl)cc1)OCC(=O)N1CC[C@@H]2CCCC[C@@H]2C1. The lowest BCUT2D eigenvalue weighted by Gasteiger charge is -2.41. The average molecular weight is 393 g/mol. The van der Waals surface area contributed by atoms with Crippen molar-refractivity contribution in [3.63, 3.8) is 0 Å². The Balaban J connectivity index is 1.37. The van der Waals surface area contributed by atoms with E-state index in [1.807, 2.05) is 4.90 Å². The second-order valence-electron chi connectivity index (χ2n) is 7.28. The van der Waals surface area contributed by atoms with E-state index < -0.39 is 11.9 Å². The molecule has 1 heterocycles. The Bertz CT molecular complexity index is 692. The van der Waals surface area contributed by atoms with Gasteiger partial charge in [0.2, 0.25) is 0 Å². The van der Waals surface area contributed by atoms with Crippen molar-refractivity contribution in [2.45, 2.75) is 32.1 Å². The van der Waals surface area contributed by atoms with Crippen molar-refractivity contribution in [1.29, 1.82) is 0 Å². The molecule has 1 aliphatic heterocycles. The van der Waals surface area contributed by atoms with Crippen LogP contribution in [0.25, 0.3) is 0 Å². The molecule has 146 valence electrons. The van der Waals surface area contributed by atoms with Crippen molar-refractivity contribution >= 4 is 29.4 Å². The predicted molar refractivity (Wildman–Crippen MR) is 101 cm³/mol. The summed E-state index contributed by atoms with van der Waals surface area (Å²) in [5.41, 5.74) is 0.402. The molecule has 6 nitrogen and oxygen atoms in total. The second kappa shape index (κ2) is 9.22. The molecular formula is C20H25ClN2O4. The van der Waals surface area contributed by atoms with Gasteiger partial charge < -0.3 is 15.0 Å². The zero-order valence-electron chi connectivity index (χ0n) is 15.3. The van der Waals surface area contributed by atoms with E-state index in [-0.39, 0.29) is 19.1 Å². The van der Waals surface area contributed by atoms with Crippen molar-refractivity contribution < 1.29 is 19.1 Å². The van der Waals surface area contributed by atoms with Crippen molar-refractivity contribution in [2.24, 2.45) is 11.8 Å². The highest BCUT2D eigenvalue weighted by atomic mass is 35.5. The second-order valence-corrected chi connectivity index (χ2v) is 7.72. The Hall–Kier alpha value is -2.08. The van der Waals surface area contributed by atoms with Gasteiger partial charge in [0.1, 0.15) is 6.54 Å². The number of rotatable bonds is 5.